The van der Waals surface area contributed by atoms with Crippen molar-refractivity contribution in [3.05, 3.63) is 59.2 Å². The topological polar surface area (TPSA) is 81.7 Å². The third-order valence-electron chi connectivity index (χ3n) is 4.31. The number of hydrogen-bond acceptors (Lipinski definition) is 5. The Hall–Kier alpha value is -2.38. The molecule has 0 bridgehead atoms. The molecule has 0 aliphatic heterocycles. The highest BCUT2D eigenvalue weighted by Gasteiger charge is 2.28. The quantitative estimate of drug-likeness (QED) is 0.554. The van der Waals surface area contributed by atoms with Gasteiger partial charge in [-0.15, -0.1) is 0 Å². The molecule has 0 heterocycles. The van der Waals surface area contributed by atoms with E-state index in [-0.39, 0.29) is 29.7 Å². The Balaban J connectivity index is 1.60. The summed E-state index contributed by atoms with van der Waals surface area (Å²) in [5.74, 6) is 0.174. The lowest BCUT2D eigenvalue weighted by molar-refractivity contribution is 0.0449. The summed E-state index contributed by atoms with van der Waals surface area (Å²) in [5.41, 5.74) is 1.90. The molecule has 1 aliphatic rings. The third-order valence-corrected chi connectivity index (χ3v) is 5.82. The van der Waals surface area contributed by atoms with E-state index in [9.17, 15) is 13.2 Å². The second kappa shape index (κ2) is 8.10. The van der Waals surface area contributed by atoms with Gasteiger partial charge >= 0.3 is 5.97 Å². The van der Waals surface area contributed by atoms with E-state index in [0.717, 1.165) is 24.2 Å². The van der Waals surface area contributed by atoms with Crippen LogP contribution in [0, 0.1) is 13.8 Å². The van der Waals surface area contributed by atoms with E-state index < -0.39 is 16.0 Å². The number of nitrogens with one attached hydrogen (secondary N) is 1. The first-order valence-electron chi connectivity index (χ1n) is 8.85. The number of carbonyl (C=O) groups excluding carboxylic acids is 1. The first-order valence-corrected chi connectivity index (χ1v) is 10.3. The van der Waals surface area contributed by atoms with Crippen molar-refractivity contribution in [2.45, 2.75) is 37.6 Å². The minimum absolute atomic E-state index is 0.00490. The smallest absolute Gasteiger partial charge is 0.338 e. The van der Waals surface area contributed by atoms with Crippen LogP contribution >= 0.6 is 0 Å². The molecule has 2 aromatic carbocycles. The molecule has 2 aromatic rings. The molecule has 7 heteroatoms. The number of aryl methyl sites for hydroxylation is 2. The number of benzene rings is 2. The Bertz CT molecular complexity index is 935. The van der Waals surface area contributed by atoms with Gasteiger partial charge in [-0.3, -0.25) is 0 Å². The largest absolute Gasteiger partial charge is 0.490 e. The van der Waals surface area contributed by atoms with Crippen LogP contribution in [0.5, 0.6) is 5.75 Å². The average Bonchev–Trinajstić information content (AvgIpc) is 3.43. The van der Waals surface area contributed by atoms with Crippen molar-refractivity contribution in [2.75, 3.05) is 13.2 Å². The molecule has 27 heavy (non-hydrogen) atoms. The minimum atomic E-state index is -3.62. The lowest BCUT2D eigenvalue weighted by atomic mass is 10.1. The van der Waals surface area contributed by atoms with Crippen LogP contribution in [0.15, 0.2) is 47.4 Å². The molecule has 1 fully saturated rings. The van der Waals surface area contributed by atoms with Gasteiger partial charge in [-0.1, -0.05) is 24.3 Å². The number of esters is 1. The van der Waals surface area contributed by atoms with E-state index in [0.29, 0.717) is 5.56 Å². The van der Waals surface area contributed by atoms with Gasteiger partial charge in [-0.25, -0.2) is 17.9 Å². The molecular weight excluding hydrogens is 366 g/mol. The zero-order valence-corrected chi connectivity index (χ0v) is 16.2. The number of carbonyl (C=O) groups is 1. The van der Waals surface area contributed by atoms with Crippen LogP contribution in [0.4, 0.5) is 0 Å². The highest BCUT2D eigenvalue weighted by Crippen LogP contribution is 2.23. The maximum Gasteiger partial charge on any atom is 0.338 e. The zero-order valence-electron chi connectivity index (χ0n) is 15.4. The van der Waals surface area contributed by atoms with E-state index in [1.807, 2.05) is 31.2 Å². The van der Waals surface area contributed by atoms with Crippen molar-refractivity contribution in [3.63, 3.8) is 0 Å². The zero-order chi connectivity index (χ0) is 19.4. The average molecular weight is 389 g/mol. The van der Waals surface area contributed by atoms with Gasteiger partial charge in [0.25, 0.3) is 0 Å². The minimum Gasteiger partial charge on any atom is -0.490 e. The van der Waals surface area contributed by atoms with Crippen LogP contribution in [0.25, 0.3) is 0 Å². The molecule has 0 atom stereocenters. The molecule has 1 aliphatic carbocycles. The van der Waals surface area contributed by atoms with E-state index in [1.54, 1.807) is 13.0 Å². The molecule has 0 radical (unpaired) electrons. The van der Waals surface area contributed by atoms with Crippen LogP contribution in [0.2, 0.25) is 0 Å². The van der Waals surface area contributed by atoms with Crippen LogP contribution in [-0.4, -0.2) is 33.6 Å². The highest BCUT2D eigenvalue weighted by molar-refractivity contribution is 7.89. The summed E-state index contributed by atoms with van der Waals surface area (Å²) >= 11 is 0. The summed E-state index contributed by atoms with van der Waals surface area (Å²) in [6, 6.07) is 12.1. The van der Waals surface area contributed by atoms with Crippen molar-refractivity contribution in [2.24, 2.45) is 0 Å². The summed E-state index contributed by atoms with van der Waals surface area (Å²) in [5, 5.41) is 0. The second-order valence-electron chi connectivity index (χ2n) is 6.62. The van der Waals surface area contributed by atoms with Crippen molar-refractivity contribution in [1.82, 2.24) is 4.72 Å². The molecular formula is C20H23NO5S. The number of sulfonamides is 1. The highest BCUT2D eigenvalue weighted by atomic mass is 32.2. The predicted octanol–water partition coefficient (Wildman–Crippen LogP) is 2.98. The van der Waals surface area contributed by atoms with E-state index in [2.05, 4.69) is 4.72 Å². The van der Waals surface area contributed by atoms with Crippen LogP contribution in [0.3, 0.4) is 0 Å². The SMILES string of the molecule is Cc1ccccc1OCCOC(=O)c1cc(S(=O)(=O)NC2CC2)ccc1C. The lowest BCUT2D eigenvalue weighted by Gasteiger charge is -2.11. The van der Waals surface area contributed by atoms with E-state index in [1.165, 1.54) is 12.1 Å². The normalized spacial score (nSPS) is 14.0. The molecule has 0 saturated heterocycles. The second-order valence-corrected chi connectivity index (χ2v) is 8.34. The number of hydrogen-bond donors (Lipinski definition) is 1. The van der Waals surface area contributed by atoms with Crippen molar-refractivity contribution in [3.8, 4) is 5.75 Å². The van der Waals surface area contributed by atoms with E-state index >= 15 is 0 Å². The molecule has 1 N–H and O–H groups in total. The molecule has 1 saturated carbocycles. The summed E-state index contributed by atoms with van der Waals surface area (Å²) in [6.07, 6.45) is 1.70. The maximum atomic E-state index is 12.4. The Morgan fingerprint density at radius 3 is 2.52 bits per heavy atom. The molecule has 3 rings (SSSR count). The molecule has 144 valence electrons. The fraction of sp³-hybridized carbons (Fsp3) is 0.350. The number of rotatable bonds is 8. The van der Waals surface area contributed by atoms with Crippen LogP contribution in [0.1, 0.15) is 34.3 Å². The van der Waals surface area contributed by atoms with Gasteiger partial charge in [0.2, 0.25) is 10.0 Å². The van der Waals surface area contributed by atoms with Gasteiger partial charge in [-0.05, 0) is 56.0 Å². The van der Waals surface area contributed by atoms with Crippen LogP contribution < -0.4 is 9.46 Å². The standard InChI is InChI=1S/C20H23NO5S/c1-14-7-10-17(27(23,24)21-16-8-9-16)13-18(14)20(22)26-12-11-25-19-6-4-3-5-15(19)2/h3-7,10,13,16,21H,8-9,11-12H2,1-2H3. The molecule has 0 amide bonds. The first kappa shape index (κ1) is 19.4. The molecule has 0 unspecified atom stereocenters. The van der Waals surface area contributed by atoms with Gasteiger partial charge in [0.05, 0.1) is 10.5 Å². The summed E-state index contributed by atoms with van der Waals surface area (Å²) in [7, 11) is -3.62. The van der Waals surface area contributed by atoms with Crippen molar-refractivity contribution >= 4 is 16.0 Å². The van der Waals surface area contributed by atoms with Gasteiger partial charge in [0, 0.05) is 6.04 Å². The van der Waals surface area contributed by atoms with Gasteiger partial charge in [-0.2, -0.15) is 0 Å². The van der Waals surface area contributed by atoms with E-state index in [4.69, 9.17) is 9.47 Å². The fourth-order valence-corrected chi connectivity index (χ4v) is 3.89. The van der Waals surface area contributed by atoms with Gasteiger partial charge in [0.1, 0.15) is 19.0 Å². The maximum absolute atomic E-state index is 12.4. The summed E-state index contributed by atoms with van der Waals surface area (Å²) in [4.78, 5) is 12.4. The fourth-order valence-electron chi connectivity index (χ4n) is 2.56. The number of para-hydroxylation sites is 1. The Morgan fingerprint density at radius 2 is 1.81 bits per heavy atom. The van der Waals surface area contributed by atoms with Gasteiger partial charge < -0.3 is 9.47 Å². The third kappa shape index (κ3) is 5.08. The monoisotopic (exact) mass is 389 g/mol. The Morgan fingerprint density at radius 1 is 1.07 bits per heavy atom. The van der Waals surface area contributed by atoms with Crippen molar-refractivity contribution in [1.29, 1.82) is 0 Å². The van der Waals surface area contributed by atoms with Gasteiger partial charge in [0.15, 0.2) is 0 Å². The molecule has 0 spiro atoms. The summed E-state index contributed by atoms with van der Waals surface area (Å²) < 4.78 is 38.1. The lowest BCUT2D eigenvalue weighted by Crippen LogP contribution is -2.26. The van der Waals surface area contributed by atoms with Crippen molar-refractivity contribution < 1.29 is 22.7 Å². The first-order chi connectivity index (χ1) is 12.9. The van der Waals surface area contributed by atoms with Crippen LogP contribution in [-0.2, 0) is 14.8 Å². The molecule has 6 nitrogen and oxygen atoms in total. The number of ether oxygens (including phenoxy) is 2. The Labute approximate surface area is 159 Å². The molecule has 0 aromatic heterocycles. The summed E-state index contributed by atoms with van der Waals surface area (Å²) in [6.45, 7) is 3.97. The predicted molar refractivity (Wildman–Crippen MR) is 101 cm³/mol. The Kier molecular flexibility index (Phi) is 5.82.